The summed E-state index contributed by atoms with van der Waals surface area (Å²) in [6.45, 7) is 0. The number of nitrogens with zero attached hydrogens (tertiary/aromatic N) is 2. The molecular weight excluding hydrogens is 789 g/mol. The zero-order chi connectivity index (χ0) is 41.6. The maximum atomic E-state index is 11.4. The molecule has 8 aromatic rings. The van der Waals surface area contributed by atoms with Crippen LogP contribution in [0.2, 0.25) is 0 Å². The van der Waals surface area contributed by atoms with E-state index in [1.807, 2.05) is 66.7 Å². The van der Waals surface area contributed by atoms with Gasteiger partial charge in [0.05, 0.1) is 36.6 Å². The van der Waals surface area contributed by atoms with Crippen LogP contribution in [0.4, 0.5) is 5.69 Å². The van der Waals surface area contributed by atoms with Crippen molar-refractivity contribution in [2.24, 2.45) is 0 Å². The number of carbonyl (C=O) groups excluding carboxylic acids is 3. The number of benzene rings is 6. The normalized spacial score (nSPS) is 9.78. The van der Waals surface area contributed by atoms with Gasteiger partial charge in [0.25, 0.3) is 5.24 Å². The average molecular weight is 824 g/mol. The van der Waals surface area contributed by atoms with Gasteiger partial charge in [-0.3, -0.25) is 4.79 Å². The summed E-state index contributed by atoms with van der Waals surface area (Å²) in [6.07, 6.45) is 0. The van der Waals surface area contributed by atoms with Crippen LogP contribution in [-0.2, 0) is 9.47 Å². The zero-order valence-electron chi connectivity index (χ0n) is 32.3. The van der Waals surface area contributed by atoms with Gasteiger partial charge in [-0.25, -0.2) is 24.4 Å². The van der Waals surface area contributed by atoms with Gasteiger partial charge in [-0.1, -0.05) is 66.7 Å². The van der Waals surface area contributed by atoms with Crippen molar-refractivity contribution >= 4 is 62.6 Å². The summed E-state index contributed by atoms with van der Waals surface area (Å²) in [7, 11) is 2.62. The Morgan fingerprint density at radius 3 is 1.38 bits per heavy atom. The van der Waals surface area contributed by atoms with Crippen molar-refractivity contribution in [2.45, 2.75) is 0 Å². The second-order valence-corrected chi connectivity index (χ2v) is 12.2. The summed E-state index contributed by atoms with van der Waals surface area (Å²) in [5.41, 5.74) is 11.2. The van der Waals surface area contributed by atoms with Crippen molar-refractivity contribution in [1.82, 2.24) is 9.97 Å². The number of ether oxygens (including phenoxy) is 2. The van der Waals surface area contributed by atoms with E-state index in [9.17, 15) is 19.2 Å². The molecule has 0 aliphatic heterocycles. The number of hydrogen-bond donors (Lipinski definition) is 3. The van der Waals surface area contributed by atoms with E-state index in [1.54, 1.807) is 48.5 Å². The molecule has 14 nitrogen and oxygen atoms in total. The number of aromatic hydroxyl groups is 1. The molecule has 0 aliphatic rings. The van der Waals surface area contributed by atoms with Crippen molar-refractivity contribution in [1.29, 1.82) is 0 Å². The van der Waals surface area contributed by atoms with Crippen LogP contribution in [0.15, 0.2) is 154 Å². The molecule has 2 aromatic heterocycles. The van der Waals surface area contributed by atoms with E-state index < -0.39 is 17.2 Å². The van der Waals surface area contributed by atoms with Gasteiger partial charge >= 0.3 is 36.8 Å². The van der Waals surface area contributed by atoms with Gasteiger partial charge in [0.2, 0.25) is 11.8 Å². The van der Waals surface area contributed by atoms with E-state index in [2.05, 4.69) is 19.4 Å². The van der Waals surface area contributed by atoms with Crippen molar-refractivity contribution in [2.75, 3.05) is 20.0 Å². The molecule has 300 valence electrons. The first kappa shape index (κ1) is 47.2. The number of halogens is 1. The van der Waals surface area contributed by atoms with Crippen LogP contribution in [0.5, 0.6) is 5.75 Å². The van der Waals surface area contributed by atoms with Gasteiger partial charge in [-0.05, 0) is 90.5 Å². The molecule has 0 bridgehead atoms. The fourth-order valence-corrected chi connectivity index (χ4v) is 5.12. The number of phenols is 1. The standard InChI is InChI=1S/C15H11NO3.C14H9NO3.C8H9NO3.C7H5ClO.Li.H2O/c1-18-15(17)11-7-8-12-13(9-11)19-14(16-12)10-5-3-2-4-6-10;16-14(17)10-6-7-11-12(8-10)18-13(15-11)9-4-2-1-3-5-9;1-12-8(11)5-2-3-6(9)7(10)4-5;8-7(9)6-4-2-1-3-5-6;;/h2-9H,1H3;1-8H,(H,16,17);2-4,10H,9H2,1H3;1-5H;;1H2/q;;;;+1;/p-1. The zero-order valence-corrected chi connectivity index (χ0v) is 33.1. The largest absolute Gasteiger partial charge is 1.00 e. The maximum absolute atomic E-state index is 11.4. The predicted octanol–water partition coefficient (Wildman–Crippen LogP) is 6.13. The molecule has 16 heteroatoms. The van der Waals surface area contributed by atoms with E-state index in [0.717, 1.165) is 11.1 Å². The topological polar surface area (TPSA) is 235 Å². The second-order valence-electron chi connectivity index (χ2n) is 11.8. The van der Waals surface area contributed by atoms with E-state index in [4.69, 9.17) is 36.4 Å². The van der Waals surface area contributed by atoms with E-state index >= 15 is 0 Å². The van der Waals surface area contributed by atoms with E-state index in [-0.39, 0.29) is 52.9 Å². The Balaban J connectivity index is 0.000000219. The van der Waals surface area contributed by atoms with Crippen LogP contribution < -0.4 is 24.6 Å². The Kier molecular flexibility index (Phi) is 17.8. The third kappa shape index (κ3) is 12.6. The molecule has 0 amide bonds. The summed E-state index contributed by atoms with van der Waals surface area (Å²) in [6, 6.07) is 41.7. The predicted molar refractivity (Wildman–Crippen MR) is 220 cm³/mol. The molecule has 0 atom stereocenters. The number of carboxylic acid groups (broad SMARTS) is 1. The molecule has 0 radical (unpaired) electrons. The Morgan fingerprint density at radius 2 is 0.983 bits per heavy atom. The molecule has 6 aromatic carbocycles. The Morgan fingerprint density at radius 1 is 0.583 bits per heavy atom. The number of phenolic OH excluding ortho intramolecular Hbond substituents is 1. The van der Waals surface area contributed by atoms with Gasteiger partial charge < -0.3 is 39.7 Å². The third-order valence-electron chi connectivity index (χ3n) is 7.94. The van der Waals surface area contributed by atoms with Crippen molar-refractivity contribution < 1.29 is 72.0 Å². The number of carboxylic acids is 1. The van der Waals surface area contributed by atoms with Gasteiger partial charge in [0, 0.05) is 16.7 Å². The number of methoxy groups -OCH3 is 2. The number of aromatic carboxylic acids is 1. The second kappa shape index (κ2) is 22.7. The number of nitrogens with two attached hydrogens (primary N) is 1. The Bertz CT molecular complexity index is 2670. The molecule has 0 unspecified atom stereocenters. The summed E-state index contributed by atoms with van der Waals surface area (Å²) in [5, 5.41) is 17.6. The first-order valence-electron chi connectivity index (χ1n) is 17.1. The number of fused-ring (bicyclic) bond motifs is 2. The number of rotatable bonds is 6. The first-order chi connectivity index (χ1) is 28.0. The maximum Gasteiger partial charge on any atom is 1.00 e. The summed E-state index contributed by atoms with van der Waals surface area (Å²) >= 11 is 5.16. The molecule has 8 rings (SSSR count). The third-order valence-corrected chi connectivity index (χ3v) is 8.16. The number of hydrogen-bond acceptors (Lipinski definition) is 13. The number of aromatic nitrogens is 2. The van der Waals surface area contributed by atoms with Crippen molar-refractivity contribution in [3.63, 3.8) is 0 Å². The molecule has 60 heavy (non-hydrogen) atoms. The van der Waals surface area contributed by atoms with Crippen LogP contribution in [-0.4, -0.2) is 63.0 Å². The SMILES string of the molecule is COC(=O)c1ccc(N)c(O)c1.COC(=O)c1ccc2nc(-c3ccccc3)oc2c1.O=C(Cl)c1ccccc1.O=C(O)c1ccc2nc(-c3ccccc3)oc2c1.[Li+].[OH-]. The van der Waals surface area contributed by atoms with E-state index in [1.165, 1.54) is 44.6 Å². The molecule has 5 N–H and O–H groups in total. The minimum atomic E-state index is -0.977. The van der Waals surface area contributed by atoms with Gasteiger partial charge in [-0.15, -0.1) is 0 Å². The number of esters is 2. The quantitative estimate of drug-likeness (QED) is 0.0563. The Hall–Kier alpha value is -7.21. The first-order valence-corrected chi connectivity index (χ1v) is 17.5. The van der Waals surface area contributed by atoms with Gasteiger partial charge in [-0.2, -0.15) is 0 Å². The fraction of sp³-hybridized carbons (Fsp3) is 0.0455. The van der Waals surface area contributed by atoms with Crippen LogP contribution in [0.3, 0.4) is 0 Å². The van der Waals surface area contributed by atoms with Crippen LogP contribution >= 0.6 is 11.6 Å². The molecule has 0 aliphatic carbocycles. The number of oxazole rings is 2. The average Bonchev–Trinajstić information content (AvgIpc) is 3.90. The summed E-state index contributed by atoms with van der Waals surface area (Å²) < 4.78 is 20.4. The van der Waals surface area contributed by atoms with Gasteiger partial charge in [0.15, 0.2) is 11.2 Å². The number of anilines is 1. The molecule has 0 fully saturated rings. The molecule has 0 spiro atoms. The smallest absolute Gasteiger partial charge is 0.870 e. The van der Waals surface area contributed by atoms with Gasteiger partial charge in [0.1, 0.15) is 16.8 Å². The van der Waals surface area contributed by atoms with Crippen LogP contribution in [0.25, 0.3) is 45.1 Å². The molecule has 2 heterocycles. The minimum Gasteiger partial charge on any atom is -0.870 e. The molecular formula is C44H35ClLiN3O11. The van der Waals surface area contributed by atoms with E-state index in [0.29, 0.717) is 45.1 Å². The minimum absolute atomic E-state index is 0. The molecule has 0 saturated heterocycles. The number of carbonyl (C=O) groups is 4. The van der Waals surface area contributed by atoms with Crippen molar-refractivity contribution in [3.05, 3.63) is 168 Å². The summed E-state index contributed by atoms with van der Waals surface area (Å²) in [4.78, 5) is 52.3. The monoisotopic (exact) mass is 823 g/mol. The Labute approximate surface area is 359 Å². The van der Waals surface area contributed by atoms with Crippen LogP contribution in [0.1, 0.15) is 41.4 Å². The fourth-order valence-electron chi connectivity index (χ4n) is 4.99. The molecule has 0 saturated carbocycles. The number of nitrogen functional groups attached to an aromatic ring is 1. The van der Waals surface area contributed by atoms with Crippen molar-refractivity contribution in [3.8, 4) is 28.7 Å². The van der Waals surface area contributed by atoms with Crippen LogP contribution in [0, 0.1) is 0 Å². The summed E-state index contributed by atoms with van der Waals surface area (Å²) in [5.74, 6) is -0.942.